The Morgan fingerprint density at radius 3 is 2.73 bits per heavy atom. The number of ketones is 1. The number of aliphatic hydroxyl groups is 1. The van der Waals surface area contributed by atoms with E-state index >= 15 is 0 Å². The van der Waals surface area contributed by atoms with Crippen LogP contribution in [0.2, 0.25) is 0 Å². The van der Waals surface area contributed by atoms with Crippen LogP contribution in [0.15, 0.2) is 11.6 Å². The molecule has 0 saturated heterocycles. The molecule has 4 aliphatic rings. The van der Waals surface area contributed by atoms with Crippen molar-refractivity contribution in [3.8, 4) is 0 Å². The van der Waals surface area contributed by atoms with Crippen molar-refractivity contribution in [2.45, 2.75) is 69.7 Å². The van der Waals surface area contributed by atoms with Crippen molar-refractivity contribution in [2.75, 3.05) is 0 Å². The van der Waals surface area contributed by atoms with E-state index < -0.39 is 0 Å². The van der Waals surface area contributed by atoms with Crippen molar-refractivity contribution in [1.29, 1.82) is 0 Å². The third-order valence-corrected chi connectivity index (χ3v) is 8.53. The molecule has 7 atom stereocenters. The molecule has 4 rings (SSSR count). The van der Waals surface area contributed by atoms with Gasteiger partial charge in [-0.15, -0.1) is 0 Å². The lowest BCUT2D eigenvalue weighted by atomic mass is 9.47. The molecule has 3 saturated carbocycles. The van der Waals surface area contributed by atoms with E-state index in [1.54, 1.807) is 0 Å². The number of hydrogen-bond acceptors (Lipinski definition) is 2. The van der Waals surface area contributed by atoms with Gasteiger partial charge in [-0.05, 0) is 61.7 Å². The number of halogens is 1. The number of allylic oxidation sites excluding steroid dienone is 1. The maximum absolute atomic E-state index is 12.7. The summed E-state index contributed by atoms with van der Waals surface area (Å²) < 4.78 is 0. The first kappa shape index (κ1) is 15.4. The molecule has 122 valence electrons. The van der Waals surface area contributed by atoms with Crippen LogP contribution in [0.1, 0.15) is 58.8 Å². The van der Waals surface area contributed by atoms with E-state index in [-0.39, 0.29) is 27.7 Å². The molecule has 0 unspecified atom stereocenters. The van der Waals surface area contributed by atoms with Crippen molar-refractivity contribution in [3.63, 3.8) is 0 Å². The quantitative estimate of drug-likeness (QED) is 0.513. The van der Waals surface area contributed by atoms with Gasteiger partial charge in [0.2, 0.25) is 0 Å². The van der Waals surface area contributed by atoms with Crippen molar-refractivity contribution in [1.82, 2.24) is 0 Å². The Labute approximate surface area is 141 Å². The molecule has 0 radical (unpaired) electrons. The van der Waals surface area contributed by atoms with E-state index in [1.807, 2.05) is 0 Å². The largest absolute Gasteiger partial charge is 0.389 e. The number of aliphatic hydroxyl groups excluding tert-OH is 1. The highest BCUT2D eigenvalue weighted by atomic mass is 79.9. The predicted molar refractivity (Wildman–Crippen MR) is 90.8 cm³/mol. The number of alkyl halides is 1. The summed E-state index contributed by atoms with van der Waals surface area (Å²) >= 11 is 3.60. The van der Waals surface area contributed by atoms with Gasteiger partial charge in [-0.1, -0.05) is 47.8 Å². The van der Waals surface area contributed by atoms with Gasteiger partial charge in [-0.2, -0.15) is 0 Å². The Balaban J connectivity index is 1.76. The molecule has 3 heteroatoms. The van der Waals surface area contributed by atoms with Gasteiger partial charge in [0.05, 0.1) is 10.9 Å². The molecule has 0 amide bonds. The van der Waals surface area contributed by atoms with Gasteiger partial charge in [0.25, 0.3) is 0 Å². The number of Topliss-reactive ketones (excluding diaryl/α,β-unsaturated/α-hetero) is 1. The standard InChI is InChI=1S/C19H27BrO2/c1-18-7-4-3-5-11(18)9-15(21)16-12(18)6-8-19(2)13(16)10-14(20)17(19)22/h9,12-16,21H,3-8,10H2,1-2H3/t12-,13-,14+,15-,16+,18-,19-/m0/s1. The highest BCUT2D eigenvalue weighted by Crippen LogP contribution is 2.64. The molecule has 22 heavy (non-hydrogen) atoms. The molecule has 0 aromatic rings. The number of fused-ring (bicyclic) bond motifs is 5. The fraction of sp³-hybridized carbons (Fsp3) is 0.842. The molecule has 0 bridgehead atoms. The minimum atomic E-state index is -0.346. The van der Waals surface area contributed by atoms with Gasteiger partial charge in [0, 0.05) is 5.41 Å². The summed E-state index contributed by atoms with van der Waals surface area (Å²) in [4.78, 5) is 12.7. The summed E-state index contributed by atoms with van der Waals surface area (Å²) in [5, 5.41) is 10.9. The van der Waals surface area contributed by atoms with Crippen molar-refractivity contribution in [2.24, 2.45) is 28.6 Å². The Bertz CT molecular complexity index is 542. The van der Waals surface area contributed by atoms with Crippen molar-refractivity contribution < 1.29 is 9.90 Å². The third kappa shape index (κ3) is 1.84. The molecule has 2 nitrogen and oxygen atoms in total. The molecule has 0 aliphatic heterocycles. The lowest BCUT2D eigenvalue weighted by Gasteiger charge is -2.57. The SMILES string of the molecule is C[C@]12CCCCC1=C[C@H](O)[C@@H]1[C@@H]2CC[C@]2(C)C(=O)[C@H](Br)C[C@@H]12. The van der Waals surface area contributed by atoms with Gasteiger partial charge in [0.15, 0.2) is 5.78 Å². The Hall–Kier alpha value is -0.150. The summed E-state index contributed by atoms with van der Waals surface area (Å²) in [6, 6.07) is 0. The average molecular weight is 367 g/mol. The number of carbonyl (C=O) groups excluding carboxylic acids is 1. The lowest BCUT2D eigenvalue weighted by Crippen LogP contribution is -2.54. The van der Waals surface area contributed by atoms with Crippen molar-refractivity contribution in [3.05, 3.63) is 11.6 Å². The number of hydrogen-bond donors (Lipinski definition) is 1. The number of carbonyl (C=O) groups is 1. The highest BCUT2D eigenvalue weighted by Gasteiger charge is 2.62. The predicted octanol–water partition coefficient (Wildman–Crippen LogP) is 4.25. The first-order valence-corrected chi connectivity index (χ1v) is 9.87. The van der Waals surface area contributed by atoms with Crippen LogP contribution in [0.5, 0.6) is 0 Å². The van der Waals surface area contributed by atoms with Crippen LogP contribution in [0, 0.1) is 28.6 Å². The summed E-state index contributed by atoms with van der Waals surface area (Å²) in [6.45, 7) is 4.60. The Morgan fingerprint density at radius 2 is 1.95 bits per heavy atom. The van der Waals surface area contributed by atoms with Gasteiger partial charge >= 0.3 is 0 Å². The molecule has 4 aliphatic carbocycles. The van der Waals surface area contributed by atoms with Crippen LogP contribution in [0.4, 0.5) is 0 Å². The summed E-state index contributed by atoms with van der Waals surface area (Å²) in [5.74, 6) is 1.56. The van der Waals surface area contributed by atoms with Crippen molar-refractivity contribution >= 4 is 21.7 Å². The molecule has 0 heterocycles. The lowest BCUT2D eigenvalue weighted by molar-refractivity contribution is -0.135. The van der Waals surface area contributed by atoms with Crippen LogP contribution in [-0.4, -0.2) is 21.8 Å². The van der Waals surface area contributed by atoms with Crippen LogP contribution in [-0.2, 0) is 4.79 Å². The molecule has 0 aromatic heterocycles. The van der Waals surface area contributed by atoms with E-state index in [4.69, 9.17) is 0 Å². The smallest absolute Gasteiger partial charge is 0.152 e. The number of rotatable bonds is 0. The van der Waals surface area contributed by atoms with E-state index in [0.29, 0.717) is 17.6 Å². The topological polar surface area (TPSA) is 37.3 Å². The van der Waals surface area contributed by atoms with E-state index in [1.165, 1.54) is 31.3 Å². The fourth-order valence-electron chi connectivity index (χ4n) is 6.44. The first-order chi connectivity index (χ1) is 10.4. The monoisotopic (exact) mass is 366 g/mol. The zero-order valence-electron chi connectivity index (χ0n) is 13.6. The second-order valence-corrected chi connectivity index (χ2v) is 9.73. The molecule has 0 aromatic carbocycles. The van der Waals surface area contributed by atoms with E-state index in [2.05, 4.69) is 35.9 Å². The Morgan fingerprint density at radius 1 is 1.18 bits per heavy atom. The normalized spacial score (nSPS) is 54.3. The summed E-state index contributed by atoms with van der Waals surface area (Å²) in [6.07, 6.45) is 9.87. The Kier molecular flexibility index (Phi) is 3.44. The molecule has 3 fully saturated rings. The van der Waals surface area contributed by atoms with Crippen LogP contribution in [0.3, 0.4) is 0 Å². The van der Waals surface area contributed by atoms with E-state index in [9.17, 15) is 9.90 Å². The maximum Gasteiger partial charge on any atom is 0.152 e. The first-order valence-electron chi connectivity index (χ1n) is 8.95. The van der Waals surface area contributed by atoms with Gasteiger partial charge in [0.1, 0.15) is 0 Å². The molecular weight excluding hydrogens is 340 g/mol. The van der Waals surface area contributed by atoms with Crippen LogP contribution < -0.4 is 0 Å². The van der Waals surface area contributed by atoms with Gasteiger partial charge < -0.3 is 5.11 Å². The minimum absolute atomic E-state index is 0.00186. The molecule has 0 spiro atoms. The van der Waals surface area contributed by atoms with Gasteiger partial charge in [-0.25, -0.2) is 0 Å². The van der Waals surface area contributed by atoms with Gasteiger partial charge in [-0.3, -0.25) is 4.79 Å². The maximum atomic E-state index is 12.7. The second-order valence-electron chi connectivity index (χ2n) is 8.62. The van der Waals surface area contributed by atoms with E-state index in [0.717, 1.165) is 19.3 Å². The summed E-state index contributed by atoms with van der Waals surface area (Å²) in [5.41, 5.74) is 1.57. The summed E-state index contributed by atoms with van der Waals surface area (Å²) in [7, 11) is 0. The third-order valence-electron chi connectivity index (χ3n) is 7.74. The fourth-order valence-corrected chi connectivity index (χ4v) is 7.36. The zero-order chi connectivity index (χ0) is 15.7. The second kappa shape index (κ2) is 4.92. The minimum Gasteiger partial charge on any atom is -0.389 e. The highest BCUT2D eigenvalue weighted by molar-refractivity contribution is 9.10. The van der Waals surface area contributed by atoms with Crippen LogP contribution in [0.25, 0.3) is 0 Å². The molecular formula is C19H27BrO2. The van der Waals surface area contributed by atoms with Crippen LogP contribution >= 0.6 is 15.9 Å². The molecule has 1 N–H and O–H groups in total. The zero-order valence-corrected chi connectivity index (χ0v) is 15.2. The average Bonchev–Trinajstić information content (AvgIpc) is 2.71.